The summed E-state index contributed by atoms with van der Waals surface area (Å²) in [6.07, 6.45) is 9.15. The SMILES string of the molecule is Nc1ccc(NCCCC2CC2)c2ccncc12. The first kappa shape index (κ1) is 11.3. The van der Waals surface area contributed by atoms with Crippen LogP contribution in [0.15, 0.2) is 30.6 Å². The average molecular weight is 241 g/mol. The number of fused-ring (bicyclic) bond motifs is 1. The van der Waals surface area contributed by atoms with Crippen molar-refractivity contribution in [2.75, 3.05) is 17.6 Å². The molecule has 3 heteroatoms. The highest BCUT2D eigenvalue weighted by Gasteiger charge is 2.19. The molecule has 3 nitrogen and oxygen atoms in total. The van der Waals surface area contributed by atoms with E-state index in [9.17, 15) is 0 Å². The normalized spacial score (nSPS) is 14.9. The van der Waals surface area contributed by atoms with Crippen LogP contribution in [-0.4, -0.2) is 11.5 Å². The zero-order valence-corrected chi connectivity index (χ0v) is 10.5. The minimum Gasteiger partial charge on any atom is -0.398 e. The highest BCUT2D eigenvalue weighted by molar-refractivity contribution is 6.00. The summed E-state index contributed by atoms with van der Waals surface area (Å²) >= 11 is 0. The van der Waals surface area contributed by atoms with Gasteiger partial charge in [-0.15, -0.1) is 0 Å². The van der Waals surface area contributed by atoms with Gasteiger partial charge < -0.3 is 11.1 Å². The Kier molecular flexibility index (Phi) is 3.05. The topological polar surface area (TPSA) is 50.9 Å². The fourth-order valence-electron chi connectivity index (χ4n) is 2.39. The zero-order valence-electron chi connectivity index (χ0n) is 10.5. The van der Waals surface area contributed by atoms with Gasteiger partial charge in [0.2, 0.25) is 0 Å². The van der Waals surface area contributed by atoms with E-state index >= 15 is 0 Å². The standard InChI is InChI=1S/C15H19N3/c16-14-5-6-15(12-7-9-17-10-13(12)14)18-8-1-2-11-3-4-11/h5-7,9-11,18H,1-4,8,16H2. The van der Waals surface area contributed by atoms with Crippen LogP contribution in [0.1, 0.15) is 25.7 Å². The third-order valence-electron chi connectivity index (χ3n) is 3.65. The number of pyridine rings is 1. The summed E-state index contributed by atoms with van der Waals surface area (Å²) in [6, 6.07) is 6.04. The Morgan fingerprint density at radius 3 is 2.94 bits per heavy atom. The van der Waals surface area contributed by atoms with Gasteiger partial charge in [0.1, 0.15) is 0 Å². The Labute approximate surface area is 107 Å². The van der Waals surface area contributed by atoms with Crippen molar-refractivity contribution < 1.29 is 0 Å². The first-order valence-corrected chi connectivity index (χ1v) is 6.70. The third-order valence-corrected chi connectivity index (χ3v) is 3.65. The minimum absolute atomic E-state index is 0.793. The summed E-state index contributed by atoms with van der Waals surface area (Å²) in [5.74, 6) is 1.01. The largest absolute Gasteiger partial charge is 0.398 e. The molecular weight excluding hydrogens is 222 g/mol. The van der Waals surface area contributed by atoms with E-state index in [0.717, 1.165) is 34.6 Å². The first-order valence-electron chi connectivity index (χ1n) is 6.70. The molecule has 0 aliphatic heterocycles. The number of nitrogens with zero attached hydrogens (tertiary/aromatic N) is 1. The van der Waals surface area contributed by atoms with Gasteiger partial charge in [0.15, 0.2) is 0 Å². The summed E-state index contributed by atoms with van der Waals surface area (Å²) in [5.41, 5.74) is 7.92. The van der Waals surface area contributed by atoms with Gasteiger partial charge in [0, 0.05) is 41.1 Å². The number of anilines is 2. The smallest absolute Gasteiger partial charge is 0.0422 e. The lowest BCUT2D eigenvalue weighted by atomic mass is 10.1. The fraction of sp³-hybridized carbons (Fsp3) is 0.400. The van der Waals surface area contributed by atoms with Crippen molar-refractivity contribution >= 4 is 22.1 Å². The molecule has 0 amide bonds. The van der Waals surface area contributed by atoms with Gasteiger partial charge in [-0.2, -0.15) is 0 Å². The van der Waals surface area contributed by atoms with E-state index in [0.29, 0.717) is 0 Å². The molecule has 0 bridgehead atoms. The number of nitrogen functional groups attached to an aromatic ring is 1. The lowest BCUT2D eigenvalue weighted by Crippen LogP contribution is -2.03. The van der Waals surface area contributed by atoms with Gasteiger partial charge in [-0.3, -0.25) is 4.98 Å². The Morgan fingerprint density at radius 1 is 1.22 bits per heavy atom. The average Bonchev–Trinajstić information content (AvgIpc) is 3.21. The van der Waals surface area contributed by atoms with Crippen LogP contribution in [-0.2, 0) is 0 Å². The molecule has 18 heavy (non-hydrogen) atoms. The second-order valence-electron chi connectivity index (χ2n) is 5.14. The summed E-state index contributed by atoms with van der Waals surface area (Å²) < 4.78 is 0. The summed E-state index contributed by atoms with van der Waals surface area (Å²) in [6.45, 7) is 1.04. The quantitative estimate of drug-likeness (QED) is 0.623. The van der Waals surface area contributed by atoms with Crippen LogP contribution in [0.2, 0.25) is 0 Å². The highest BCUT2D eigenvalue weighted by Crippen LogP contribution is 2.33. The van der Waals surface area contributed by atoms with Gasteiger partial charge in [-0.05, 0) is 37.0 Å². The van der Waals surface area contributed by atoms with Crippen LogP contribution in [0.5, 0.6) is 0 Å². The lowest BCUT2D eigenvalue weighted by molar-refractivity contribution is 0.687. The van der Waals surface area contributed by atoms with Crippen LogP contribution in [0.4, 0.5) is 11.4 Å². The molecule has 1 aliphatic carbocycles. The molecule has 1 aromatic heterocycles. The molecule has 0 radical (unpaired) electrons. The van der Waals surface area contributed by atoms with E-state index in [1.54, 1.807) is 0 Å². The van der Waals surface area contributed by atoms with Crippen LogP contribution >= 0.6 is 0 Å². The van der Waals surface area contributed by atoms with Crippen molar-refractivity contribution in [3.8, 4) is 0 Å². The second-order valence-corrected chi connectivity index (χ2v) is 5.14. The van der Waals surface area contributed by atoms with E-state index in [1.165, 1.54) is 25.7 Å². The number of hydrogen-bond acceptors (Lipinski definition) is 3. The monoisotopic (exact) mass is 241 g/mol. The summed E-state index contributed by atoms with van der Waals surface area (Å²) in [5, 5.41) is 5.71. The van der Waals surface area contributed by atoms with E-state index in [1.807, 2.05) is 24.5 Å². The van der Waals surface area contributed by atoms with Crippen LogP contribution < -0.4 is 11.1 Å². The van der Waals surface area contributed by atoms with E-state index < -0.39 is 0 Å². The van der Waals surface area contributed by atoms with Gasteiger partial charge in [-0.25, -0.2) is 0 Å². The van der Waals surface area contributed by atoms with E-state index in [-0.39, 0.29) is 0 Å². The third kappa shape index (κ3) is 2.40. The molecule has 3 rings (SSSR count). The maximum atomic E-state index is 5.96. The molecule has 3 N–H and O–H groups in total. The molecular formula is C15H19N3. The van der Waals surface area contributed by atoms with Crippen molar-refractivity contribution in [1.82, 2.24) is 4.98 Å². The number of hydrogen-bond donors (Lipinski definition) is 2. The first-order chi connectivity index (χ1) is 8.84. The molecule has 94 valence electrons. The van der Waals surface area contributed by atoms with Gasteiger partial charge in [0.25, 0.3) is 0 Å². The van der Waals surface area contributed by atoms with Gasteiger partial charge in [-0.1, -0.05) is 12.8 Å². The van der Waals surface area contributed by atoms with Crippen molar-refractivity contribution in [1.29, 1.82) is 0 Å². The molecule has 1 fully saturated rings. The molecule has 2 aromatic rings. The molecule has 1 aliphatic rings. The number of nitrogens with one attached hydrogen (secondary N) is 1. The number of benzene rings is 1. The Morgan fingerprint density at radius 2 is 2.11 bits per heavy atom. The minimum atomic E-state index is 0.793. The fourth-order valence-corrected chi connectivity index (χ4v) is 2.39. The number of aromatic nitrogens is 1. The Hall–Kier alpha value is -1.77. The molecule has 1 saturated carbocycles. The number of nitrogens with two attached hydrogens (primary N) is 1. The summed E-state index contributed by atoms with van der Waals surface area (Å²) in [4.78, 5) is 4.13. The maximum absolute atomic E-state index is 5.96. The van der Waals surface area contributed by atoms with Crippen LogP contribution in [0.25, 0.3) is 10.8 Å². The molecule has 0 spiro atoms. The predicted octanol–water partition coefficient (Wildman–Crippen LogP) is 3.42. The molecule has 0 saturated heterocycles. The van der Waals surface area contributed by atoms with Crippen LogP contribution in [0.3, 0.4) is 0 Å². The predicted molar refractivity (Wildman–Crippen MR) is 76.6 cm³/mol. The molecule has 1 aromatic carbocycles. The van der Waals surface area contributed by atoms with Gasteiger partial charge in [0.05, 0.1) is 0 Å². The number of rotatable bonds is 5. The van der Waals surface area contributed by atoms with Crippen LogP contribution in [0, 0.1) is 5.92 Å². The second kappa shape index (κ2) is 4.84. The zero-order chi connectivity index (χ0) is 12.4. The van der Waals surface area contributed by atoms with Gasteiger partial charge >= 0.3 is 0 Å². The lowest BCUT2D eigenvalue weighted by Gasteiger charge is -2.10. The molecule has 1 heterocycles. The Balaban J connectivity index is 1.72. The van der Waals surface area contributed by atoms with Crippen molar-refractivity contribution in [2.24, 2.45) is 5.92 Å². The highest BCUT2D eigenvalue weighted by atomic mass is 14.9. The van der Waals surface area contributed by atoms with Crippen molar-refractivity contribution in [2.45, 2.75) is 25.7 Å². The Bertz CT molecular complexity index is 546. The maximum Gasteiger partial charge on any atom is 0.0422 e. The van der Waals surface area contributed by atoms with Crippen molar-refractivity contribution in [3.63, 3.8) is 0 Å². The molecule has 0 atom stereocenters. The summed E-state index contributed by atoms with van der Waals surface area (Å²) in [7, 11) is 0. The molecule has 0 unspecified atom stereocenters. The van der Waals surface area contributed by atoms with E-state index in [2.05, 4.69) is 16.4 Å². The van der Waals surface area contributed by atoms with E-state index in [4.69, 9.17) is 5.73 Å². The van der Waals surface area contributed by atoms with Crippen molar-refractivity contribution in [3.05, 3.63) is 30.6 Å².